The van der Waals surface area contributed by atoms with Gasteiger partial charge in [0.15, 0.2) is 0 Å². The van der Waals surface area contributed by atoms with Crippen LogP contribution in [0.1, 0.15) is 23.2 Å². The zero-order valence-electron chi connectivity index (χ0n) is 9.94. The Morgan fingerprint density at radius 2 is 2.32 bits per heavy atom. The molecule has 1 saturated carbocycles. The molecule has 0 radical (unpaired) electrons. The smallest absolute Gasteiger partial charge is 0.342 e. The summed E-state index contributed by atoms with van der Waals surface area (Å²) in [4.78, 5) is 24.5. The van der Waals surface area contributed by atoms with Gasteiger partial charge in [-0.05, 0) is 18.8 Å². The van der Waals surface area contributed by atoms with Crippen LogP contribution in [0, 0.1) is 16.0 Å². The highest BCUT2D eigenvalue weighted by molar-refractivity contribution is 5.93. The minimum absolute atomic E-state index is 0.197. The number of aromatic carboxylic acids is 1. The van der Waals surface area contributed by atoms with Crippen molar-refractivity contribution < 1.29 is 19.9 Å². The largest absolute Gasteiger partial charge is 0.477 e. The average molecular weight is 267 g/mol. The molecule has 1 atom stereocenters. The molecule has 19 heavy (non-hydrogen) atoms. The van der Waals surface area contributed by atoms with E-state index in [0.717, 1.165) is 25.1 Å². The van der Waals surface area contributed by atoms with E-state index in [0.29, 0.717) is 0 Å². The molecule has 8 heteroatoms. The van der Waals surface area contributed by atoms with Crippen LogP contribution in [0.2, 0.25) is 0 Å². The van der Waals surface area contributed by atoms with Gasteiger partial charge in [-0.15, -0.1) is 0 Å². The van der Waals surface area contributed by atoms with Gasteiger partial charge in [0, 0.05) is 12.6 Å². The first-order valence-corrected chi connectivity index (χ1v) is 5.78. The molecule has 1 aliphatic carbocycles. The van der Waals surface area contributed by atoms with Gasteiger partial charge in [0.05, 0.1) is 11.0 Å². The van der Waals surface area contributed by atoms with E-state index < -0.39 is 28.2 Å². The van der Waals surface area contributed by atoms with E-state index in [9.17, 15) is 20.0 Å². The summed E-state index contributed by atoms with van der Waals surface area (Å²) in [7, 11) is 0. The Hall–Kier alpha value is -2.22. The van der Waals surface area contributed by atoms with Gasteiger partial charge < -0.3 is 15.5 Å². The molecule has 102 valence electrons. The number of hydrogen-bond acceptors (Lipinski definition) is 6. The van der Waals surface area contributed by atoms with Crippen molar-refractivity contribution in [3.63, 3.8) is 0 Å². The van der Waals surface area contributed by atoms with Crippen molar-refractivity contribution in [3.8, 4) is 0 Å². The van der Waals surface area contributed by atoms with Crippen LogP contribution >= 0.6 is 0 Å². The highest BCUT2D eigenvalue weighted by Crippen LogP contribution is 2.32. The fraction of sp³-hybridized carbons (Fsp3) is 0.455. The number of nitro groups is 1. The number of pyridine rings is 1. The molecule has 3 N–H and O–H groups in total. The molecule has 8 nitrogen and oxygen atoms in total. The number of nitrogens with zero attached hydrogens (tertiary/aromatic N) is 2. The predicted octanol–water partition coefficient (Wildman–Crippen LogP) is 0.871. The number of carboxylic acids is 1. The molecule has 0 bridgehead atoms. The number of nitrogens with one attached hydrogen (secondary N) is 1. The zero-order valence-corrected chi connectivity index (χ0v) is 9.94. The number of aliphatic hydroxyl groups excluding tert-OH is 1. The van der Waals surface area contributed by atoms with Gasteiger partial charge in [-0.1, -0.05) is 0 Å². The second kappa shape index (κ2) is 5.19. The number of carboxylic acid groups (broad SMARTS) is 1. The van der Waals surface area contributed by atoms with Crippen molar-refractivity contribution in [3.05, 3.63) is 27.9 Å². The Morgan fingerprint density at radius 1 is 1.63 bits per heavy atom. The Kier molecular flexibility index (Phi) is 3.61. The Bertz CT molecular complexity index is 515. The lowest BCUT2D eigenvalue weighted by Gasteiger charge is -2.11. The van der Waals surface area contributed by atoms with Crippen LogP contribution in [0.15, 0.2) is 12.3 Å². The summed E-state index contributed by atoms with van der Waals surface area (Å²) >= 11 is 0. The van der Waals surface area contributed by atoms with Gasteiger partial charge in [-0.25, -0.2) is 9.78 Å². The maximum absolute atomic E-state index is 10.9. The molecule has 0 amide bonds. The molecule has 1 fully saturated rings. The van der Waals surface area contributed by atoms with Crippen LogP contribution in [-0.4, -0.2) is 38.7 Å². The lowest BCUT2D eigenvalue weighted by Crippen LogP contribution is -2.22. The van der Waals surface area contributed by atoms with Crippen molar-refractivity contribution in [2.45, 2.75) is 18.9 Å². The third kappa shape index (κ3) is 3.16. The first kappa shape index (κ1) is 13.2. The van der Waals surface area contributed by atoms with Gasteiger partial charge in [-0.2, -0.15) is 0 Å². The summed E-state index contributed by atoms with van der Waals surface area (Å²) in [6, 6.07) is 1.10. The summed E-state index contributed by atoms with van der Waals surface area (Å²) in [5, 5.41) is 32.0. The summed E-state index contributed by atoms with van der Waals surface area (Å²) < 4.78 is 0. The maximum atomic E-state index is 10.9. The van der Waals surface area contributed by atoms with E-state index in [1.165, 1.54) is 0 Å². The molecule has 1 aliphatic rings. The Labute approximate surface area is 108 Å². The second-order valence-corrected chi connectivity index (χ2v) is 4.43. The number of aromatic nitrogens is 1. The summed E-state index contributed by atoms with van der Waals surface area (Å²) in [5.41, 5.74) is -0.982. The molecule has 2 rings (SSSR count). The third-order valence-electron chi connectivity index (χ3n) is 2.97. The van der Waals surface area contributed by atoms with Crippen molar-refractivity contribution in [2.24, 2.45) is 5.92 Å². The summed E-state index contributed by atoms with van der Waals surface area (Å²) in [5.74, 6) is -0.910. The molecule has 1 heterocycles. The van der Waals surface area contributed by atoms with Crippen molar-refractivity contribution >= 4 is 17.5 Å². The van der Waals surface area contributed by atoms with Crippen LogP contribution < -0.4 is 5.32 Å². The minimum atomic E-state index is -1.39. The summed E-state index contributed by atoms with van der Waals surface area (Å²) in [6.45, 7) is 0.245. The molecule has 0 aromatic carbocycles. The molecule has 0 saturated heterocycles. The molecule has 1 unspecified atom stereocenters. The number of carbonyl (C=O) groups is 1. The van der Waals surface area contributed by atoms with Crippen molar-refractivity contribution in [1.29, 1.82) is 0 Å². The van der Waals surface area contributed by atoms with E-state index in [1.54, 1.807) is 0 Å². The number of rotatable bonds is 6. The summed E-state index contributed by atoms with van der Waals surface area (Å²) in [6.07, 6.45) is 2.36. The first-order chi connectivity index (χ1) is 8.99. The fourth-order valence-electron chi connectivity index (χ4n) is 1.72. The standard InChI is InChI=1S/C11H13N3O5/c15-9(6-1-2-6)5-13-10-3-7(11(16)17)8(4-12-10)14(18)19/h3-4,6,9,15H,1-2,5H2,(H,12,13)(H,16,17). The zero-order chi connectivity index (χ0) is 14.0. The van der Waals surface area contributed by atoms with Crippen LogP contribution in [0.25, 0.3) is 0 Å². The number of aliphatic hydroxyl groups is 1. The first-order valence-electron chi connectivity index (χ1n) is 5.78. The van der Waals surface area contributed by atoms with E-state index in [-0.39, 0.29) is 18.3 Å². The minimum Gasteiger partial charge on any atom is -0.477 e. The SMILES string of the molecule is O=C(O)c1cc(NCC(O)C2CC2)ncc1[N+](=O)[O-]. The predicted molar refractivity (Wildman–Crippen MR) is 65.1 cm³/mol. The lowest BCUT2D eigenvalue weighted by atomic mass is 10.2. The van der Waals surface area contributed by atoms with Gasteiger partial charge in [-0.3, -0.25) is 10.1 Å². The van der Waals surface area contributed by atoms with Crippen LogP contribution in [0.4, 0.5) is 11.5 Å². The van der Waals surface area contributed by atoms with Crippen LogP contribution in [0.5, 0.6) is 0 Å². The number of hydrogen-bond donors (Lipinski definition) is 3. The normalized spacial score (nSPS) is 15.8. The van der Waals surface area contributed by atoms with Gasteiger partial charge in [0.2, 0.25) is 0 Å². The molecular formula is C11H13N3O5. The van der Waals surface area contributed by atoms with Crippen LogP contribution in [-0.2, 0) is 0 Å². The molecular weight excluding hydrogens is 254 g/mol. The van der Waals surface area contributed by atoms with Crippen molar-refractivity contribution in [2.75, 3.05) is 11.9 Å². The third-order valence-corrected chi connectivity index (χ3v) is 2.97. The highest BCUT2D eigenvalue weighted by Gasteiger charge is 2.29. The molecule has 1 aromatic heterocycles. The van der Waals surface area contributed by atoms with Crippen molar-refractivity contribution in [1.82, 2.24) is 4.98 Å². The van der Waals surface area contributed by atoms with E-state index in [4.69, 9.17) is 5.11 Å². The Balaban J connectivity index is 2.11. The second-order valence-electron chi connectivity index (χ2n) is 4.43. The highest BCUT2D eigenvalue weighted by atomic mass is 16.6. The number of anilines is 1. The molecule has 1 aromatic rings. The monoisotopic (exact) mass is 267 g/mol. The average Bonchev–Trinajstić information content (AvgIpc) is 3.19. The van der Waals surface area contributed by atoms with Crippen LogP contribution in [0.3, 0.4) is 0 Å². The van der Waals surface area contributed by atoms with Gasteiger partial charge in [0.25, 0.3) is 0 Å². The maximum Gasteiger partial charge on any atom is 0.342 e. The molecule has 0 spiro atoms. The lowest BCUT2D eigenvalue weighted by molar-refractivity contribution is -0.385. The molecule has 0 aliphatic heterocycles. The fourth-order valence-corrected chi connectivity index (χ4v) is 1.72. The Morgan fingerprint density at radius 3 is 2.84 bits per heavy atom. The van der Waals surface area contributed by atoms with Gasteiger partial charge in [0.1, 0.15) is 17.6 Å². The van der Waals surface area contributed by atoms with Gasteiger partial charge >= 0.3 is 11.7 Å². The van der Waals surface area contributed by atoms with E-state index in [2.05, 4.69) is 10.3 Å². The van der Waals surface area contributed by atoms with E-state index >= 15 is 0 Å². The van der Waals surface area contributed by atoms with E-state index in [1.807, 2.05) is 0 Å². The topological polar surface area (TPSA) is 126 Å². The quantitative estimate of drug-likeness (QED) is 0.515.